The van der Waals surface area contributed by atoms with E-state index in [1.807, 2.05) is 0 Å². The standard InChI is InChI=1S/C7H15P/c1-3-6-5-7(4-2)8-6/h6-8H,3-5H2,1-2H3/t6-,7-/m1/s1. The van der Waals surface area contributed by atoms with E-state index < -0.39 is 0 Å². The summed E-state index contributed by atoms with van der Waals surface area (Å²) in [4.78, 5) is 0. The highest BCUT2D eigenvalue weighted by atomic mass is 31.1. The van der Waals surface area contributed by atoms with Crippen LogP contribution in [0.2, 0.25) is 0 Å². The molecule has 0 unspecified atom stereocenters. The zero-order valence-corrected chi connectivity index (χ0v) is 6.78. The molecule has 0 saturated carbocycles. The lowest BCUT2D eigenvalue weighted by molar-refractivity contribution is 0.618. The summed E-state index contributed by atoms with van der Waals surface area (Å²) >= 11 is 0. The van der Waals surface area contributed by atoms with E-state index in [0.29, 0.717) is 0 Å². The molecule has 0 amide bonds. The molecule has 1 heterocycles. The van der Waals surface area contributed by atoms with E-state index in [1.54, 1.807) is 0 Å². The average Bonchev–Trinajstić information content (AvgIpc) is 1.65. The average molecular weight is 130 g/mol. The Labute approximate surface area is 53.8 Å². The topological polar surface area (TPSA) is 0 Å². The molecular formula is C7H15P. The lowest BCUT2D eigenvalue weighted by Crippen LogP contribution is -2.22. The van der Waals surface area contributed by atoms with Crippen LogP contribution in [0.1, 0.15) is 33.1 Å². The van der Waals surface area contributed by atoms with Gasteiger partial charge in [0.05, 0.1) is 0 Å². The normalized spacial score (nSPS) is 36.8. The quantitative estimate of drug-likeness (QED) is 0.504. The SMILES string of the molecule is CC[C@@H]1C[C@@H](CC)P1. The van der Waals surface area contributed by atoms with Gasteiger partial charge in [-0.15, -0.1) is 8.58 Å². The Bertz CT molecular complexity index is 56.8. The van der Waals surface area contributed by atoms with Gasteiger partial charge in [0.15, 0.2) is 0 Å². The van der Waals surface area contributed by atoms with Crippen molar-refractivity contribution in [3.05, 3.63) is 0 Å². The van der Waals surface area contributed by atoms with Gasteiger partial charge in [-0.2, -0.15) is 0 Å². The Balaban J connectivity index is 2.03. The van der Waals surface area contributed by atoms with Crippen molar-refractivity contribution in [1.29, 1.82) is 0 Å². The summed E-state index contributed by atoms with van der Waals surface area (Å²) < 4.78 is 0. The molecule has 0 bridgehead atoms. The Kier molecular flexibility index (Phi) is 2.31. The minimum atomic E-state index is 1.12. The molecule has 0 aromatic rings. The lowest BCUT2D eigenvalue weighted by atomic mass is 10.1. The molecule has 0 aromatic carbocycles. The van der Waals surface area contributed by atoms with E-state index >= 15 is 0 Å². The monoisotopic (exact) mass is 130 g/mol. The predicted octanol–water partition coefficient (Wildman–Crippen LogP) is 2.63. The molecule has 48 valence electrons. The summed E-state index contributed by atoms with van der Waals surface area (Å²) in [6.45, 7) is 4.62. The first-order chi connectivity index (χ1) is 3.86. The lowest BCUT2D eigenvalue weighted by Gasteiger charge is -2.33. The van der Waals surface area contributed by atoms with E-state index in [2.05, 4.69) is 13.8 Å². The molecule has 1 saturated heterocycles. The van der Waals surface area contributed by atoms with E-state index in [-0.39, 0.29) is 0 Å². The maximum atomic E-state index is 2.31. The van der Waals surface area contributed by atoms with Gasteiger partial charge in [-0.1, -0.05) is 13.8 Å². The first kappa shape index (κ1) is 6.55. The van der Waals surface area contributed by atoms with Crippen molar-refractivity contribution in [3.63, 3.8) is 0 Å². The maximum absolute atomic E-state index is 2.31. The molecule has 0 radical (unpaired) electrons. The summed E-state index contributed by atoms with van der Waals surface area (Å²) in [5, 5.41) is 0. The molecule has 0 nitrogen and oxygen atoms in total. The van der Waals surface area contributed by atoms with Gasteiger partial charge in [-0.25, -0.2) is 0 Å². The summed E-state index contributed by atoms with van der Waals surface area (Å²) in [6, 6.07) is 0. The van der Waals surface area contributed by atoms with Crippen LogP contribution >= 0.6 is 8.58 Å². The molecule has 1 aliphatic rings. The van der Waals surface area contributed by atoms with Gasteiger partial charge >= 0.3 is 0 Å². The van der Waals surface area contributed by atoms with Crippen molar-refractivity contribution >= 4 is 8.58 Å². The molecule has 8 heavy (non-hydrogen) atoms. The van der Waals surface area contributed by atoms with E-state index in [0.717, 1.165) is 11.3 Å². The first-order valence-corrected chi connectivity index (χ1v) is 4.78. The van der Waals surface area contributed by atoms with Crippen LogP contribution in [0.25, 0.3) is 0 Å². The molecule has 1 rings (SSSR count). The molecule has 0 N–H and O–H groups in total. The van der Waals surface area contributed by atoms with Crippen molar-refractivity contribution in [1.82, 2.24) is 0 Å². The zero-order chi connectivity index (χ0) is 5.98. The van der Waals surface area contributed by atoms with Crippen LogP contribution in [0.15, 0.2) is 0 Å². The molecule has 1 heteroatoms. The number of hydrogen-bond acceptors (Lipinski definition) is 0. The molecule has 2 atom stereocenters. The van der Waals surface area contributed by atoms with Gasteiger partial charge in [0.2, 0.25) is 0 Å². The van der Waals surface area contributed by atoms with Gasteiger partial charge in [-0.3, -0.25) is 0 Å². The second-order valence-corrected chi connectivity index (χ2v) is 4.58. The molecule has 0 aromatic heterocycles. The van der Waals surface area contributed by atoms with Crippen LogP contribution in [-0.2, 0) is 0 Å². The fraction of sp³-hybridized carbons (Fsp3) is 1.00. The van der Waals surface area contributed by atoms with Crippen LogP contribution in [-0.4, -0.2) is 11.3 Å². The second-order valence-electron chi connectivity index (χ2n) is 2.61. The highest BCUT2D eigenvalue weighted by Gasteiger charge is 2.24. The number of rotatable bonds is 2. The van der Waals surface area contributed by atoms with E-state index in [1.165, 1.54) is 27.8 Å². The highest BCUT2D eigenvalue weighted by Crippen LogP contribution is 2.46. The molecular weight excluding hydrogens is 115 g/mol. The Hall–Kier alpha value is 0.430. The third kappa shape index (κ3) is 1.23. The minimum absolute atomic E-state index is 1.12. The van der Waals surface area contributed by atoms with E-state index in [4.69, 9.17) is 0 Å². The van der Waals surface area contributed by atoms with Crippen molar-refractivity contribution in [2.45, 2.75) is 44.4 Å². The van der Waals surface area contributed by atoms with Crippen LogP contribution in [0, 0.1) is 0 Å². The smallest absolute Gasteiger partial charge is 0.0231 e. The zero-order valence-electron chi connectivity index (χ0n) is 5.78. The largest absolute Gasteiger partial charge is 0.116 e. The first-order valence-electron chi connectivity index (χ1n) is 3.62. The van der Waals surface area contributed by atoms with Gasteiger partial charge in [0.25, 0.3) is 0 Å². The summed E-state index contributed by atoms with van der Waals surface area (Å²) in [5.41, 5.74) is 2.25. The predicted molar refractivity (Wildman–Crippen MR) is 41.1 cm³/mol. The van der Waals surface area contributed by atoms with Crippen LogP contribution in [0.5, 0.6) is 0 Å². The molecule has 1 aliphatic heterocycles. The maximum Gasteiger partial charge on any atom is -0.0231 e. The highest BCUT2D eigenvalue weighted by molar-refractivity contribution is 7.41. The molecule has 0 aliphatic carbocycles. The van der Waals surface area contributed by atoms with Crippen LogP contribution in [0.4, 0.5) is 0 Å². The third-order valence-corrected chi connectivity index (χ3v) is 4.26. The minimum Gasteiger partial charge on any atom is -0.116 e. The van der Waals surface area contributed by atoms with Crippen molar-refractivity contribution < 1.29 is 0 Å². The van der Waals surface area contributed by atoms with Crippen molar-refractivity contribution in [3.8, 4) is 0 Å². The fourth-order valence-corrected chi connectivity index (χ4v) is 2.76. The summed E-state index contributed by atoms with van der Waals surface area (Å²) in [6.07, 6.45) is 4.38. The molecule has 1 fully saturated rings. The van der Waals surface area contributed by atoms with Gasteiger partial charge < -0.3 is 0 Å². The molecule has 0 spiro atoms. The third-order valence-electron chi connectivity index (χ3n) is 2.03. The Morgan fingerprint density at radius 1 is 1.25 bits per heavy atom. The van der Waals surface area contributed by atoms with Gasteiger partial charge in [-0.05, 0) is 30.6 Å². The fourth-order valence-electron chi connectivity index (χ4n) is 1.22. The number of hydrogen-bond donors (Lipinski definition) is 0. The Morgan fingerprint density at radius 3 is 1.88 bits per heavy atom. The van der Waals surface area contributed by atoms with Crippen LogP contribution in [0.3, 0.4) is 0 Å². The Morgan fingerprint density at radius 2 is 1.62 bits per heavy atom. The van der Waals surface area contributed by atoms with Crippen molar-refractivity contribution in [2.75, 3.05) is 0 Å². The van der Waals surface area contributed by atoms with Crippen LogP contribution < -0.4 is 0 Å². The second kappa shape index (κ2) is 2.82. The van der Waals surface area contributed by atoms with E-state index in [9.17, 15) is 0 Å². The van der Waals surface area contributed by atoms with Gasteiger partial charge in [0, 0.05) is 0 Å². The van der Waals surface area contributed by atoms with Gasteiger partial charge in [0.1, 0.15) is 0 Å². The van der Waals surface area contributed by atoms with Crippen molar-refractivity contribution in [2.24, 2.45) is 0 Å². The summed E-state index contributed by atoms with van der Waals surface area (Å²) in [7, 11) is 1.30. The summed E-state index contributed by atoms with van der Waals surface area (Å²) in [5.74, 6) is 0.